The van der Waals surface area contributed by atoms with E-state index in [1.165, 1.54) is 0 Å². The molecule has 0 aliphatic carbocycles. The lowest BCUT2D eigenvalue weighted by Gasteiger charge is -2.12. The Kier molecular flexibility index (Phi) is 3.52. The van der Waals surface area contributed by atoms with Crippen LogP contribution in [0.15, 0.2) is 75.9 Å². The Morgan fingerprint density at radius 3 is 2.52 bits per heavy atom. The van der Waals surface area contributed by atoms with Crippen molar-refractivity contribution in [3.63, 3.8) is 0 Å². The lowest BCUT2D eigenvalue weighted by atomic mass is 9.95. The van der Waals surface area contributed by atoms with E-state index in [2.05, 4.69) is 6.07 Å². The number of aryl methyl sites for hydroxylation is 1. The van der Waals surface area contributed by atoms with E-state index in [9.17, 15) is 4.79 Å². The van der Waals surface area contributed by atoms with Crippen molar-refractivity contribution in [2.45, 2.75) is 6.92 Å². The lowest BCUT2D eigenvalue weighted by molar-refractivity contribution is 0.569. The summed E-state index contributed by atoms with van der Waals surface area (Å²) in [6.45, 7) is 2.03. The minimum atomic E-state index is -0.385. The number of aromatic nitrogens is 1. The first-order chi connectivity index (χ1) is 13.1. The molecule has 0 N–H and O–H groups in total. The maximum Gasteiger partial charge on any atom is 0.346 e. The number of fused-ring (bicyclic) bond motifs is 4. The van der Waals surface area contributed by atoms with Crippen LogP contribution in [0.1, 0.15) is 5.56 Å². The standard InChI is InChI=1S/C23H14ClNO2/c1-13-6-11-18-17(12-13)20(14-7-9-15(24)10-8-14)21-22(25-18)16-4-2-3-5-19(16)27-23(21)26/h2-12H,1H3. The zero-order valence-corrected chi connectivity index (χ0v) is 15.2. The van der Waals surface area contributed by atoms with Crippen molar-refractivity contribution < 1.29 is 4.42 Å². The van der Waals surface area contributed by atoms with Gasteiger partial charge in [0.2, 0.25) is 0 Å². The molecule has 5 aromatic rings. The normalized spacial score (nSPS) is 11.5. The molecular weight excluding hydrogens is 358 g/mol. The summed E-state index contributed by atoms with van der Waals surface area (Å²) in [5.41, 5.74) is 4.49. The van der Waals surface area contributed by atoms with Gasteiger partial charge in [0, 0.05) is 21.4 Å². The first-order valence-electron chi connectivity index (χ1n) is 8.64. The Bertz CT molecular complexity index is 1400. The molecule has 0 aliphatic heterocycles. The first kappa shape index (κ1) is 16.0. The molecule has 0 radical (unpaired) electrons. The van der Waals surface area contributed by atoms with Crippen LogP contribution in [0.25, 0.3) is 43.9 Å². The fourth-order valence-electron chi connectivity index (χ4n) is 3.59. The van der Waals surface area contributed by atoms with E-state index in [1.807, 2.05) is 61.5 Å². The zero-order chi connectivity index (χ0) is 18.5. The van der Waals surface area contributed by atoms with Crippen molar-refractivity contribution in [3.8, 4) is 11.1 Å². The van der Waals surface area contributed by atoms with Crippen LogP contribution in [0, 0.1) is 6.92 Å². The summed E-state index contributed by atoms with van der Waals surface area (Å²) in [5, 5.41) is 2.89. The number of para-hydroxylation sites is 1. The molecule has 5 rings (SSSR count). The summed E-state index contributed by atoms with van der Waals surface area (Å²) in [7, 11) is 0. The Morgan fingerprint density at radius 1 is 0.926 bits per heavy atom. The molecule has 3 aromatic carbocycles. The molecule has 130 valence electrons. The summed E-state index contributed by atoms with van der Waals surface area (Å²) >= 11 is 6.08. The Hall–Kier alpha value is -3.17. The number of benzene rings is 3. The molecule has 0 fully saturated rings. The third-order valence-electron chi connectivity index (χ3n) is 4.82. The zero-order valence-electron chi connectivity index (χ0n) is 14.5. The van der Waals surface area contributed by atoms with Gasteiger partial charge in [-0.25, -0.2) is 9.78 Å². The predicted molar refractivity (Wildman–Crippen MR) is 110 cm³/mol. The Labute approximate surface area is 159 Å². The number of rotatable bonds is 1. The van der Waals surface area contributed by atoms with Crippen LogP contribution in [0.3, 0.4) is 0 Å². The van der Waals surface area contributed by atoms with Crippen LogP contribution in [0.2, 0.25) is 5.02 Å². The third-order valence-corrected chi connectivity index (χ3v) is 5.07. The van der Waals surface area contributed by atoms with Crippen molar-refractivity contribution in [2.24, 2.45) is 0 Å². The summed E-state index contributed by atoms with van der Waals surface area (Å²) in [4.78, 5) is 17.8. The molecule has 27 heavy (non-hydrogen) atoms. The van der Waals surface area contributed by atoms with E-state index in [0.717, 1.165) is 33.0 Å². The van der Waals surface area contributed by atoms with E-state index in [0.29, 0.717) is 21.5 Å². The Balaban J connectivity index is 2.08. The van der Waals surface area contributed by atoms with E-state index in [4.69, 9.17) is 21.0 Å². The molecular formula is C23H14ClNO2. The molecule has 0 amide bonds. The van der Waals surface area contributed by atoms with Crippen molar-refractivity contribution in [2.75, 3.05) is 0 Å². The fourth-order valence-corrected chi connectivity index (χ4v) is 3.72. The van der Waals surface area contributed by atoms with Gasteiger partial charge in [-0.2, -0.15) is 0 Å². The molecule has 0 aliphatic rings. The van der Waals surface area contributed by atoms with Crippen LogP contribution in [0.5, 0.6) is 0 Å². The summed E-state index contributed by atoms with van der Waals surface area (Å²) < 4.78 is 5.62. The molecule has 0 unspecified atom stereocenters. The number of hydrogen-bond donors (Lipinski definition) is 0. The van der Waals surface area contributed by atoms with Gasteiger partial charge in [0.1, 0.15) is 5.58 Å². The van der Waals surface area contributed by atoms with Crippen LogP contribution in [-0.2, 0) is 0 Å². The van der Waals surface area contributed by atoms with Gasteiger partial charge >= 0.3 is 5.63 Å². The minimum absolute atomic E-state index is 0.385. The summed E-state index contributed by atoms with van der Waals surface area (Å²) in [5.74, 6) is 0. The molecule has 3 nitrogen and oxygen atoms in total. The van der Waals surface area contributed by atoms with Crippen molar-refractivity contribution in [1.29, 1.82) is 0 Å². The molecule has 2 aromatic heterocycles. The Morgan fingerprint density at radius 2 is 1.70 bits per heavy atom. The number of halogens is 1. The summed E-state index contributed by atoms with van der Waals surface area (Å²) in [6.07, 6.45) is 0. The van der Waals surface area contributed by atoms with Gasteiger partial charge in [-0.15, -0.1) is 0 Å². The molecule has 2 heterocycles. The minimum Gasteiger partial charge on any atom is -0.422 e. The van der Waals surface area contributed by atoms with Crippen LogP contribution in [0.4, 0.5) is 0 Å². The second kappa shape index (κ2) is 5.93. The van der Waals surface area contributed by atoms with Gasteiger partial charge in [0.25, 0.3) is 0 Å². The molecule has 0 saturated heterocycles. The van der Waals surface area contributed by atoms with E-state index in [1.54, 1.807) is 6.07 Å². The highest BCUT2D eigenvalue weighted by molar-refractivity contribution is 6.30. The molecule has 0 saturated carbocycles. The third kappa shape index (κ3) is 2.51. The van der Waals surface area contributed by atoms with Gasteiger partial charge in [-0.1, -0.05) is 47.5 Å². The molecule has 0 spiro atoms. The van der Waals surface area contributed by atoms with Crippen molar-refractivity contribution in [1.82, 2.24) is 4.98 Å². The first-order valence-corrected chi connectivity index (χ1v) is 9.01. The van der Waals surface area contributed by atoms with Gasteiger partial charge < -0.3 is 4.42 Å². The number of pyridine rings is 1. The second-order valence-corrected chi connectivity index (χ2v) is 7.06. The number of nitrogens with zero attached hydrogens (tertiary/aromatic N) is 1. The quantitative estimate of drug-likeness (QED) is 0.202. The molecule has 0 atom stereocenters. The van der Waals surface area contributed by atoms with Gasteiger partial charge in [0.15, 0.2) is 0 Å². The molecule has 4 heteroatoms. The highest BCUT2D eigenvalue weighted by Gasteiger charge is 2.18. The number of hydrogen-bond acceptors (Lipinski definition) is 3. The topological polar surface area (TPSA) is 43.1 Å². The fraction of sp³-hybridized carbons (Fsp3) is 0.0435. The largest absolute Gasteiger partial charge is 0.422 e. The van der Waals surface area contributed by atoms with Gasteiger partial charge in [0.05, 0.1) is 16.4 Å². The van der Waals surface area contributed by atoms with Crippen LogP contribution in [-0.4, -0.2) is 4.98 Å². The predicted octanol–water partition coefficient (Wildman–Crippen LogP) is 6.12. The maximum absolute atomic E-state index is 12.9. The highest BCUT2D eigenvalue weighted by Crippen LogP contribution is 2.36. The monoisotopic (exact) mass is 371 g/mol. The van der Waals surface area contributed by atoms with E-state index < -0.39 is 0 Å². The van der Waals surface area contributed by atoms with Crippen LogP contribution < -0.4 is 5.63 Å². The van der Waals surface area contributed by atoms with Gasteiger partial charge in [-0.05, 0) is 48.9 Å². The SMILES string of the molecule is Cc1ccc2nc3c(c(-c4ccc(Cl)cc4)c2c1)c(=O)oc1ccccc13. The second-order valence-electron chi connectivity index (χ2n) is 6.62. The lowest BCUT2D eigenvalue weighted by Crippen LogP contribution is -2.04. The average Bonchev–Trinajstić information content (AvgIpc) is 2.67. The smallest absolute Gasteiger partial charge is 0.346 e. The van der Waals surface area contributed by atoms with Crippen molar-refractivity contribution >= 4 is 44.4 Å². The average molecular weight is 372 g/mol. The van der Waals surface area contributed by atoms with Crippen LogP contribution >= 0.6 is 11.6 Å². The highest BCUT2D eigenvalue weighted by atomic mass is 35.5. The van der Waals surface area contributed by atoms with E-state index in [-0.39, 0.29) is 5.63 Å². The summed E-state index contributed by atoms with van der Waals surface area (Å²) in [6, 6.07) is 21.1. The van der Waals surface area contributed by atoms with E-state index >= 15 is 0 Å². The maximum atomic E-state index is 12.9. The molecule has 0 bridgehead atoms. The van der Waals surface area contributed by atoms with Crippen molar-refractivity contribution in [3.05, 3.63) is 87.7 Å². The van der Waals surface area contributed by atoms with Gasteiger partial charge in [-0.3, -0.25) is 0 Å².